The number of nitrogens with two attached hydrogens (primary N) is 1. The van der Waals surface area contributed by atoms with Crippen LogP contribution in [0.1, 0.15) is 39.0 Å². The van der Waals surface area contributed by atoms with E-state index in [0.29, 0.717) is 6.54 Å². The fourth-order valence-corrected chi connectivity index (χ4v) is 2.13. The van der Waals surface area contributed by atoms with Crippen LogP contribution in [0.15, 0.2) is 0 Å². The fraction of sp³-hybridized carbons (Fsp3) is 0.917. The average Bonchev–Trinajstić information content (AvgIpc) is 2.50. The summed E-state index contributed by atoms with van der Waals surface area (Å²) in [6, 6.07) is 0.00642. The highest BCUT2D eigenvalue weighted by Gasteiger charge is 2.26. The molecule has 0 aromatic heterocycles. The molecule has 0 heterocycles. The van der Waals surface area contributed by atoms with Crippen LogP contribution in [-0.4, -0.2) is 30.2 Å². The molecule has 0 spiro atoms. The largest absolute Gasteiger partial charge is 0.396 e. The van der Waals surface area contributed by atoms with E-state index in [1.807, 2.05) is 6.92 Å². The minimum atomic E-state index is -0.0339. The second-order valence-corrected chi connectivity index (χ2v) is 4.94. The molecule has 4 heteroatoms. The Hall–Kier alpha value is -0.610. The van der Waals surface area contributed by atoms with Crippen molar-refractivity contribution < 1.29 is 9.90 Å². The van der Waals surface area contributed by atoms with Crippen molar-refractivity contribution in [3.05, 3.63) is 0 Å². The molecule has 1 aliphatic rings. The highest BCUT2D eigenvalue weighted by Crippen LogP contribution is 2.22. The molecule has 0 aromatic carbocycles. The van der Waals surface area contributed by atoms with Gasteiger partial charge in [-0.3, -0.25) is 4.79 Å². The Kier molecular flexibility index (Phi) is 5.77. The van der Waals surface area contributed by atoms with E-state index in [4.69, 9.17) is 10.8 Å². The molecule has 0 radical (unpaired) electrons. The first-order valence-electron chi connectivity index (χ1n) is 6.29. The molecule has 1 rings (SSSR count). The maximum Gasteiger partial charge on any atom is 0.224 e. The van der Waals surface area contributed by atoms with E-state index in [1.165, 1.54) is 6.42 Å². The molecule has 4 N–H and O–H groups in total. The summed E-state index contributed by atoms with van der Waals surface area (Å²) in [5, 5.41) is 11.8. The zero-order valence-corrected chi connectivity index (χ0v) is 10.1. The number of carbonyl (C=O) groups excluding carboxylic acids is 1. The second kappa shape index (κ2) is 6.86. The monoisotopic (exact) mass is 228 g/mol. The lowest BCUT2D eigenvalue weighted by atomic mass is 9.94. The number of amides is 1. The molecule has 16 heavy (non-hydrogen) atoms. The molecule has 0 aromatic rings. The number of hydrogen-bond donors (Lipinski definition) is 3. The van der Waals surface area contributed by atoms with Crippen molar-refractivity contribution in [2.24, 2.45) is 17.6 Å². The van der Waals surface area contributed by atoms with Gasteiger partial charge in [0.05, 0.1) is 5.92 Å². The quantitative estimate of drug-likeness (QED) is 0.618. The molecule has 1 saturated carbocycles. The molecule has 4 nitrogen and oxygen atoms in total. The molecule has 0 saturated heterocycles. The Bertz CT molecular complexity index is 221. The topological polar surface area (TPSA) is 75.3 Å². The average molecular weight is 228 g/mol. The van der Waals surface area contributed by atoms with E-state index in [2.05, 4.69) is 5.32 Å². The summed E-state index contributed by atoms with van der Waals surface area (Å²) in [4.78, 5) is 11.9. The van der Waals surface area contributed by atoms with Crippen molar-refractivity contribution in [1.29, 1.82) is 0 Å². The normalized spacial score (nSPS) is 28.2. The van der Waals surface area contributed by atoms with Gasteiger partial charge in [-0.15, -0.1) is 0 Å². The minimum Gasteiger partial charge on any atom is -0.396 e. The van der Waals surface area contributed by atoms with Crippen molar-refractivity contribution in [2.45, 2.75) is 45.1 Å². The van der Waals surface area contributed by atoms with Gasteiger partial charge in [0.25, 0.3) is 0 Å². The first-order chi connectivity index (χ1) is 7.65. The van der Waals surface area contributed by atoms with Crippen LogP contribution in [0.2, 0.25) is 0 Å². The summed E-state index contributed by atoms with van der Waals surface area (Å²) in [5.74, 6) is 0.147. The molecule has 3 unspecified atom stereocenters. The van der Waals surface area contributed by atoms with Crippen molar-refractivity contribution in [3.63, 3.8) is 0 Å². The molecule has 0 aliphatic heterocycles. The van der Waals surface area contributed by atoms with E-state index >= 15 is 0 Å². The van der Waals surface area contributed by atoms with Gasteiger partial charge < -0.3 is 16.2 Å². The molecule has 0 bridgehead atoms. The van der Waals surface area contributed by atoms with Crippen molar-refractivity contribution >= 4 is 5.91 Å². The lowest BCUT2D eigenvalue weighted by Crippen LogP contribution is -2.42. The predicted molar refractivity (Wildman–Crippen MR) is 63.8 cm³/mol. The zero-order valence-electron chi connectivity index (χ0n) is 10.1. The van der Waals surface area contributed by atoms with Gasteiger partial charge >= 0.3 is 0 Å². The fourth-order valence-electron chi connectivity index (χ4n) is 2.13. The predicted octanol–water partition coefficient (Wildman–Crippen LogP) is 0.639. The third-order valence-electron chi connectivity index (χ3n) is 3.34. The summed E-state index contributed by atoms with van der Waals surface area (Å²) in [7, 11) is 0. The lowest BCUT2D eigenvalue weighted by molar-refractivity contribution is -0.126. The van der Waals surface area contributed by atoms with E-state index < -0.39 is 0 Å². The molecule has 94 valence electrons. The number of rotatable bonds is 4. The zero-order chi connectivity index (χ0) is 12.0. The lowest BCUT2D eigenvalue weighted by Gasteiger charge is -2.21. The van der Waals surface area contributed by atoms with Crippen molar-refractivity contribution in [3.8, 4) is 0 Å². The van der Waals surface area contributed by atoms with Gasteiger partial charge in [0, 0.05) is 19.2 Å². The van der Waals surface area contributed by atoms with Gasteiger partial charge in [-0.1, -0.05) is 26.2 Å². The highest BCUT2D eigenvalue weighted by molar-refractivity contribution is 5.79. The summed E-state index contributed by atoms with van der Waals surface area (Å²) in [6.45, 7) is 2.56. The number of carbonyl (C=O) groups is 1. The minimum absolute atomic E-state index is 0.00642. The first kappa shape index (κ1) is 13.5. The van der Waals surface area contributed by atoms with Crippen LogP contribution in [0.3, 0.4) is 0 Å². The molecular formula is C12H24N2O2. The number of aliphatic hydroxyl groups is 1. The summed E-state index contributed by atoms with van der Waals surface area (Å²) >= 11 is 0. The van der Waals surface area contributed by atoms with Crippen LogP contribution in [0.4, 0.5) is 0 Å². The molecule has 1 amide bonds. The van der Waals surface area contributed by atoms with Gasteiger partial charge in [-0.05, 0) is 18.8 Å². The van der Waals surface area contributed by atoms with Crippen molar-refractivity contribution in [1.82, 2.24) is 5.32 Å². The second-order valence-electron chi connectivity index (χ2n) is 4.94. The Balaban J connectivity index is 2.38. The number of nitrogens with one attached hydrogen (secondary N) is 1. The summed E-state index contributed by atoms with van der Waals surface area (Å²) < 4.78 is 0. The number of aliphatic hydroxyl groups excluding tert-OH is 1. The molecular weight excluding hydrogens is 204 g/mol. The van der Waals surface area contributed by atoms with Gasteiger partial charge in [0.15, 0.2) is 0 Å². The summed E-state index contributed by atoms with van der Waals surface area (Å²) in [5.41, 5.74) is 6.01. The Morgan fingerprint density at radius 3 is 2.81 bits per heavy atom. The van der Waals surface area contributed by atoms with Gasteiger partial charge in [0.1, 0.15) is 0 Å². The maximum atomic E-state index is 11.9. The van der Waals surface area contributed by atoms with E-state index in [9.17, 15) is 4.79 Å². The van der Waals surface area contributed by atoms with Crippen LogP contribution in [-0.2, 0) is 4.79 Å². The smallest absolute Gasteiger partial charge is 0.224 e. The van der Waals surface area contributed by atoms with E-state index in [1.54, 1.807) is 0 Å². The van der Waals surface area contributed by atoms with Gasteiger partial charge in [0.2, 0.25) is 5.91 Å². The summed E-state index contributed by atoms with van der Waals surface area (Å²) in [6.07, 6.45) is 5.28. The standard InChI is InChI=1S/C12H24N2O2/c1-9(8-15)7-14-12(16)10-5-3-2-4-6-11(10)13/h9-11,15H,2-8,13H2,1H3,(H,14,16). The van der Waals surface area contributed by atoms with Crippen LogP contribution in [0.5, 0.6) is 0 Å². The number of hydrogen-bond acceptors (Lipinski definition) is 3. The van der Waals surface area contributed by atoms with Gasteiger partial charge in [-0.2, -0.15) is 0 Å². The van der Waals surface area contributed by atoms with Crippen molar-refractivity contribution in [2.75, 3.05) is 13.2 Å². The van der Waals surface area contributed by atoms with Gasteiger partial charge in [-0.25, -0.2) is 0 Å². The SMILES string of the molecule is CC(CO)CNC(=O)C1CCCCCC1N. The van der Waals surface area contributed by atoms with Crippen LogP contribution in [0.25, 0.3) is 0 Å². The Morgan fingerprint density at radius 2 is 2.12 bits per heavy atom. The maximum absolute atomic E-state index is 11.9. The molecule has 1 fully saturated rings. The van der Waals surface area contributed by atoms with E-state index in [0.717, 1.165) is 25.7 Å². The third-order valence-corrected chi connectivity index (χ3v) is 3.34. The highest BCUT2D eigenvalue weighted by atomic mass is 16.3. The molecule has 1 aliphatic carbocycles. The third kappa shape index (κ3) is 4.10. The van der Waals surface area contributed by atoms with Crippen LogP contribution in [0, 0.1) is 11.8 Å². The Morgan fingerprint density at radius 1 is 1.44 bits per heavy atom. The van der Waals surface area contributed by atoms with Crippen LogP contribution < -0.4 is 11.1 Å². The van der Waals surface area contributed by atoms with E-state index in [-0.39, 0.29) is 30.4 Å². The molecule has 3 atom stereocenters. The van der Waals surface area contributed by atoms with Crippen LogP contribution >= 0.6 is 0 Å². The first-order valence-corrected chi connectivity index (χ1v) is 6.29. The Labute approximate surface area is 97.6 Å².